The zero-order valence-corrected chi connectivity index (χ0v) is 12.7. The van der Waals surface area contributed by atoms with Crippen LogP contribution in [0.2, 0.25) is 0 Å². The molecule has 0 bridgehead atoms. The number of nitrogens with two attached hydrogens (primary N) is 1. The number of benzene rings is 1. The van der Waals surface area contributed by atoms with Crippen LogP contribution in [0.25, 0.3) is 0 Å². The molecule has 1 aromatic carbocycles. The zero-order valence-electron chi connectivity index (χ0n) is 11.1. The monoisotopic (exact) mass is 316 g/mol. The molecule has 0 saturated carbocycles. The quantitative estimate of drug-likeness (QED) is 0.598. The summed E-state index contributed by atoms with van der Waals surface area (Å²) < 4.78 is 11.9. The van der Waals surface area contributed by atoms with Gasteiger partial charge in [-0.2, -0.15) is 0 Å². The topological polar surface area (TPSA) is 56.5 Å². The summed E-state index contributed by atoms with van der Waals surface area (Å²) >= 11 is 3.46. The summed E-state index contributed by atoms with van der Waals surface area (Å²) in [7, 11) is 1.67. The first-order valence-electron chi connectivity index (χ1n) is 5.97. The molecule has 0 saturated heterocycles. The van der Waals surface area contributed by atoms with E-state index >= 15 is 0 Å². The van der Waals surface area contributed by atoms with Gasteiger partial charge in [-0.05, 0) is 44.0 Å². The van der Waals surface area contributed by atoms with Crippen LogP contribution >= 0.6 is 15.9 Å². The maximum atomic E-state index is 5.58. The van der Waals surface area contributed by atoms with Gasteiger partial charge in [-0.3, -0.25) is 11.3 Å². The van der Waals surface area contributed by atoms with Crippen LogP contribution in [-0.2, 0) is 11.2 Å². The van der Waals surface area contributed by atoms with Crippen molar-refractivity contribution in [2.45, 2.75) is 32.4 Å². The highest BCUT2D eigenvalue weighted by molar-refractivity contribution is 9.10. The lowest BCUT2D eigenvalue weighted by atomic mass is 10.1. The van der Waals surface area contributed by atoms with E-state index in [1.165, 1.54) is 0 Å². The van der Waals surface area contributed by atoms with Crippen molar-refractivity contribution < 1.29 is 9.47 Å². The van der Waals surface area contributed by atoms with Crippen LogP contribution in [0.1, 0.15) is 19.4 Å². The lowest BCUT2D eigenvalue weighted by molar-refractivity contribution is 0.0612. The summed E-state index contributed by atoms with van der Waals surface area (Å²) in [5.74, 6) is 6.42. The second-order valence-corrected chi connectivity index (χ2v) is 5.32. The predicted molar refractivity (Wildman–Crippen MR) is 76.6 cm³/mol. The van der Waals surface area contributed by atoms with Gasteiger partial charge in [-0.15, -0.1) is 0 Å². The van der Waals surface area contributed by atoms with Gasteiger partial charge in [0.05, 0.1) is 19.8 Å². The molecule has 4 nitrogen and oxygen atoms in total. The Labute approximate surface area is 117 Å². The molecule has 0 aliphatic heterocycles. The summed E-state index contributed by atoms with van der Waals surface area (Å²) in [6, 6.07) is 6.00. The average Bonchev–Trinajstić information content (AvgIpc) is 2.34. The van der Waals surface area contributed by atoms with Gasteiger partial charge < -0.3 is 9.47 Å². The van der Waals surface area contributed by atoms with Crippen molar-refractivity contribution in [3.8, 4) is 5.75 Å². The average molecular weight is 317 g/mol. The second-order valence-electron chi connectivity index (χ2n) is 4.41. The van der Waals surface area contributed by atoms with E-state index in [9.17, 15) is 0 Å². The van der Waals surface area contributed by atoms with Crippen LogP contribution < -0.4 is 16.0 Å². The molecule has 1 atom stereocenters. The number of ether oxygens (including phenoxy) is 2. The Hall–Kier alpha value is -0.620. The summed E-state index contributed by atoms with van der Waals surface area (Å²) in [6.07, 6.45) is 0.955. The first kappa shape index (κ1) is 15.4. The molecule has 5 heteroatoms. The lowest BCUT2D eigenvalue weighted by Gasteiger charge is -2.19. The van der Waals surface area contributed by atoms with Crippen LogP contribution in [0.15, 0.2) is 22.7 Å². The maximum Gasteiger partial charge on any atom is 0.122 e. The largest absolute Gasteiger partial charge is 0.496 e. The molecule has 0 aromatic heterocycles. The van der Waals surface area contributed by atoms with Crippen molar-refractivity contribution in [3.05, 3.63) is 28.2 Å². The minimum atomic E-state index is 0.0654. The predicted octanol–water partition coefficient (Wildman–Crippen LogP) is 2.26. The molecular formula is C13H21BrN2O2. The normalized spacial score (nSPS) is 12.8. The number of methoxy groups -OCH3 is 1. The Morgan fingerprint density at radius 3 is 2.67 bits per heavy atom. The second kappa shape index (κ2) is 7.74. The van der Waals surface area contributed by atoms with Gasteiger partial charge in [0.1, 0.15) is 5.75 Å². The highest BCUT2D eigenvalue weighted by Gasteiger charge is 2.12. The molecule has 0 aliphatic rings. The molecule has 0 aliphatic carbocycles. The summed E-state index contributed by atoms with van der Waals surface area (Å²) in [4.78, 5) is 0. The number of halogens is 1. The van der Waals surface area contributed by atoms with E-state index in [2.05, 4.69) is 21.4 Å². The third-order valence-corrected chi connectivity index (χ3v) is 3.07. The van der Waals surface area contributed by atoms with E-state index in [-0.39, 0.29) is 12.1 Å². The van der Waals surface area contributed by atoms with E-state index < -0.39 is 0 Å². The first-order chi connectivity index (χ1) is 8.56. The van der Waals surface area contributed by atoms with Gasteiger partial charge in [0.25, 0.3) is 0 Å². The molecule has 0 heterocycles. The molecule has 0 spiro atoms. The SMILES string of the molecule is COc1ccc(Br)cc1CC(COC(C)C)NN. The fourth-order valence-electron chi connectivity index (χ4n) is 1.65. The van der Waals surface area contributed by atoms with Crippen LogP contribution in [0.4, 0.5) is 0 Å². The lowest BCUT2D eigenvalue weighted by Crippen LogP contribution is -2.41. The van der Waals surface area contributed by atoms with Crippen molar-refractivity contribution in [1.82, 2.24) is 5.43 Å². The van der Waals surface area contributed by atoms with Crippen LogP contribution in [0.3, 0.4) is 0 Å². The molecular weight excluding hydrogens is 296 g/mol. The van der Waals surface area contributed by atoms with Crippen molar-refractivity contribution in [3.63, 3.8) is 0 Å². The smallest absolute Gasteiger partial charge is 0.122 e. The van der Waals surface area contributed by atoms with E-state index in [4.69, 9.17) is 15.3 Å². The van der Waals surface area contributed by atoms with Gasteiger partial charge in [-0.1, -0.05) is 15.9 Å². The van der Waals surface area contributed by atoms with Crippen molar-refractivity contribution >= 4 is 15.9 Å². The summed E-state index contributed by atoms with van der Waals surface area (Å²) in [6.45, 7) is 4.59. The molecule has 0 amide bonds. The van der Waals surface area contributed by atoms with E-state index in [0.717, 1.165) is 22.2 Å². The maximum absolute atomic E-state index is 5.58. The van der Waals surface area contributed by atoms with Gasteiger partial charge in [0, 0.05) is 10.5 Å². The minimum absolute atomic E-state index is 0.0654. The Kier molecular flexibility index (Phi) is 6.63. The molecule has 0 fully saturated rings. The Balaban J connectivity index is 2.71. The van der Waals surface area contributed by atoms with Gasteiger partial charge in [0.2, 0.25) is 0 Å². The van der Waals surface area contributed by atoms with E-state index in [1.807, 2.05) is 32.0 Å². The van der Waals surface area contributed by atoms with Crippen LogP contribution in [0, 0.1) is 0 Å². The number of nitrogens with one attached hydrogen (secondary N) is 1. The number of rotatable bonds is 7. The summed E-state index contributed by atoms with van der Waals surface area (Å²) in [5.41, 5.74) is 3.88. The third-order valence-electron chi connectivity index (χ3n) is 2.58. The fraction of sp³-hybridized carbons (Fsp3) is 0.538. The van der Waals surface area contributed by atoms with Crippen LogP contribution in [0.5, 0.6) is 5.75 Å². The van der Waals surface area contributed by atoms with E-state index in [1.54, 1.807) is 7.11 Å². The zero-order chi connectivity index (χ0) is 13.5. The molecule has 1 aromatic rings. The third kappa shape index (κ3) is 4.94. The highest BCUT2D eigenvalue weighted by Crippen LogP contribution is 2.24. The summed E-state index contributed by atoms with van der Waals surface area (Å²) in [5, 5.41) is 0. The number of hydrogen-bond acceptors (Lipinski definition) is 4. The Morgan fingerprint density at radius 1 is 1.39 bits per heavy atom. The standard InChI is InChI=1S/C13H21BrN2O2/c1-9(2)18-8-12(16-15)7-10-6-11(14)4-5-13(10)17-3/h4-6,9,12,16H,7-8,15H2,1-3H3. The number of hydrazine groups is 1. The molecule has 1 rings (SSSR count). The van der Waals surface area contributed by atoms with Crippen LogP contribution in [-0.4, -0.2) is 25.9 Å². The number of hydrogen-bond donors (Lipinski definition) is 2. The van der Waals surface area contributed by atoms with Gasteiger partial charge in [0.15, 0.2) is 0 Å². The highest BCUT2D eigenvalue weighted by atomic mass is 79.9. The van der Waals surface area contributed by atoms with Gasteiger partial charge >= 0.3 is 0 Å². The van der Waals surface area contributed by atoms with Crippen molar-refractivity contribution in [2.75, 3.05) is 13.7 Å². The molecule has 0 radical (unpaired) electrons. The minimum Gasteiger partial charge on any atom is -0.496 e. The fourth-order valence-corrected chi connectivity index (χ4v) is 2.06. The first-order valence-corrected chi connectivity index (χ1v) is 6.76. The molecule has 3 N–H and O–H groups in total. The van der Waals surface area contributed by atoms with Gasteiger partial charge in [-0.25, -0.2) is 0 Å². The Bertz CT molecular complexity index is 372. The molecule has 1 unspecified atom stereocenters. The van der Waals surface area contributed by atoms with E-state index in [0.29, 0.717) is 6.61 Å². The molecule has 18 heavy (non-hydrogen) atoms. The molecule has 102 valence electrons. The van der Waals surface area contributed by atoms with Crippen molar-refractivity contribution in [1.29, 1.82) is 0 Å². The van der Waals surface area contributed by atoms with Crippen molar-refractivity contribution in [2.24, 2.45) is 5.84 Å². The Morgan fingerprint density at radius 2 is 2.11 bits per heavy atom.